The van der Waals surface area contributed by atoms with Crippen molar-refractivity contribution >= 4 is 22.7 Å². The number of carboxylic acid groups (broad SMARTS) is 1. The van der Waals surface area contributed by atoms with Crippen LogP contribution in [0.3, 0.4) is 0 Å². The van der Waals surface area contributed by atoms with Crippen LogP contribution in [0, 0.1) is 11.6 Å². The number of carbonyl (C=O) groups is 1. The standard InChI is InChI=1S/C26H29F2N5O3/c27-17-12-18(28)14-20(13-17)33-25-23(24(30-33)16-2-1-3-16)22(15-21(29-25)26(34)35)32-6-4-19(5-7-32)31-8-10-36-11-9-31/h12-16,19H,1-11H2,(H,34,35). The number of pyridine rings is 1. The number of aromatic nitrogens is 3. The van der Waals surface area contributed by atoms with Crippen LogP contribution in [0.25, 0.3) is 16.7 Å². The lowest BCUT2D eigenvalue weighted by atomic mass is 9.82. The number of halogens is 2. The Kier molecular flexibility index (Phi) is 6.08. The molecule has 6 rings (SSSR count). The third-order valence-electron chi connectivity index (χ3n) is 7.81. The largest absolute Gasteiger partial charge is 0.477 e. The van der Waals surface area contributed by atoms with Gasteiger partial charge in [0.15, 0.2) is 11.3 Å². The first-order valence-electron chi connectivity index (χ1n) is 12.7. The van der Waals surface area contributed by atoms with E-state index in [0.717, 1.165) is 94.3 Å². The Hall–Kier alpha value is -3.11. The predicted octanol–water partition coefficient (Wildman–Crippen LogP) is 3.97. The number of morpholine rings is 1. The third-order valence-corrected chi connectivity index (χ3v) is 7.81. The van der Waals surface area contributed by atoms with Gasteiger partial charge in [-0.05, 0) is 43.9 Å². The van der Waals surface area contributed by atoms with Gasteiger partial charge in [0.1, 0.15) is 11.6 Å². The lowest BCUT2D eigenvalue weighted by Gasteiger charge is -2.41. The van der Waals surface area contributed by atoms with E-state index >= 15 is 0 Å². The number of carboxylic acids is 1. The summed E-state index contributed by atoms with van der Waals surface area (Å²) in [7, 11) is 0. The van der Waals surface area contributed by atoms with Crippen LogP contribution in [0.15, 0.2) is 24.3 Å². The zero-order valence-corrected chi connectivity index (χ0v) is 20.0. The van der Waals surface area contributed by atoms with E-state index in [2.05, 4.69) is 14.8 Å². The molecular formula is C26H29F2N5O3. The van der Waals surface area contributed by atoms with E-state index in [1.54, 1.807) is 6.07 Å². The predicted molar refractivity (Wildman–Crippen MR) is 130 cm³/mol. The average molecular weight is 498 g/mol. The van der Waals surface area contributed by atoms with Gasteiger partial charge in [0, 0.05) is 44.2 Å². The highest BCUT2D eigenvalue weighted by molar-refractivity contribution is 5.98. The number of anilines is 1. The molecule has 4 heterocycles. The van der Waals surface area contributed by atoms with Gasteiger partial charge in [-0.25, -0.2) is 23.2 Å². The highest BCUT2D eigenvalue weighted by Gasteiger charge is 2.32. The molecule has 2 aromatic heterocycles. The van der Waals surface area contributed by atoms with Crippen LogP contribution in [-0.4, -0.2) is 76.2 Å². The molecule has 1 aromatic carbocycles. The summed E-state index contributed by atoms with van der Waals surface area (Å²) in [6.07, 6.45) is 4.97. The molecule has 0 amide bonds. The molecule has 0 radical (unpaired) electrons. The van der Waals surface area contributed by atoms with Gasteiger partial charge in [0.2, 0.25) is 0 Å². The van der Waals surface area contributed by atoms with E-state index in [-0.39, 0.29) is 17.3 Å². The van der Waals surface area contributed by atoms with Crippen LogP contribution < -0.4 is 4.90 Å². The number of hydrogen-bond donors (Lipinski definition) is 1. The molecule has 2 aliphatic heterocycles. The molecule has 0 spiro atoms. The fraction of sp³-hybridized carbons (Fsp3) is 0.500. The molecule has 0 atom stereocenters. The highest BCUT2D eigenvalue weighted by Crippen LogP contribution is 2.43. The number of piperidine rings is 1. The van der Waals surface area contributed by atoms with E-state index in [1.807, 2.05) is 0 Å². The van der Waals surface area contributed by atoms with Crippen LogP contribution >= 0.6 is 0 Å². The Balaban J connectivity index is 1.44. The van der Waals surface area contributed by atoms with Gasteiger partial charge in [0.25, 0.3) is 0 Å². The summed E-state index contributed by atoms with van der Waals surface area (Å²) in [6, 6.07) is 5.32. The maximum Gasteiger partial charge on any atom is 0.354 e. The molecule has 3 fully saturated rings. The number of aromatic carboxylic acids is 1. The molecule has 3 aromatic rings. The molecule has 2 saturated heterocycles. The van der Waals surface area contributed by atoms with Crippen molar-refractivity contribution < 1.29 is 23.4 Å². The van der Waals surface area contributed by atoms with Crippen LogP contribution in [0.2, 0.25) is 0 Å². The van der Waals surface area contributed by atoms with Gasteiger partial charge in [0.05, 0.1) is 35.7 Å². The fourth-order valence-electron chi connectivity index (χ4n) is 5.71. The summed E-state index contributed by atoms with van der Waals surface area (Å²) in [5.41, 5.74) is 2.03. The first-order chi connectivity index (χ1) is 17.5. The van der Waals surface area contributed by atoms with E-state index in [9.17, 15) is 18.7 Å². The Labute approximate surface area is 207 Å². The second kappa shape index (κ2) is 9.40. The molecule has 0 unspecified atom stereocenters. The van der Waals surface area contributed by atoms with E-state index in [1.165, 1.54) is 16.8 Å². The van der Waals surface area contributed by atoms with Crippen molar-refractivity contribution in [2.24, 2.45) is 0 Å². The summed E-state index contributed by atoms with van der Waals surface area (Å²) in [6.45, 7) is 4.97. The maximum absolute atomic E-state index is 14.1. The summed E-state index contributed by atoms with van der Waals surface area (Å²) < 4.78 is 35.1. The summed E-state index contributed by atoms with van der Waals surface area (Å²) >= 11 is 0. The number of fused-ring (bicyclic) bond motifs is 1. The summed E-state index contributed by atoms with van der Waals surface area (Å²) in [4.78, 5) is 21.2. The molecule has 36 heavy (non-hydrogen) atoms. The molecule has 1 saturated carbocycles. The topological polar surface area (TPSA) is 83.7 Å². The monoisotopic (exact) mass is 497 g/mol. The number of rotatable bonds is 5. The van der Waals surface area contributed by atoms with Crippen molar-refractivity contribution in [2.75, 3.05) is 44.3 Å². The normalized spacial score (nSPS) is 20.1. The number of hydrogen-bond acceptors (Lipinski definition) is 6. The molecule has 10 heteroatoms. The average Bonchev–Trinajstić information content (AvgIpc) is 3.21. The minimum atomic E-state index is -1.15. The van der Waals surface area contributed by atoms with Gasteiger partial charge in [-0.1, -0.05) is 6.42 Å². The zero-order valence-electron chi connectivity index (χ0n) is 20.0. The number of ether oxygens (including phenoxy) is 1. The van der Waals surface area contributed by atoms with Crippen molar-refractivity contribution in [1.29, 1.82) is 0 Å². The van der Waals surface area contributed by atoms with Crippen molar-refractivity contribution in [3.05, 3.63) is 47.3 Å². The van der Waals surface area contributed by atoms with E-state index < -0.39 is 17.6 Å². The Morgan fingerprint density at radius 2 is 1.67 bits per heavy atom. The first-order valence-corrected chi connectivity index (χ1v) is 12.7. The van der Waals surface area contributed by atoms with Gasteiger partial charge in [-0.3, -0.25) is 4.90 Å². The molecule has 1 N–H and O–H groups in total. The van der Waals surface area contributed by atoms with Gasteiger partial charge < -0.3 is 14.7 Å². The van der Waals surface area contributed by atoms with E-state index in [4.69, 9.17) is 9.84 Å². The zero-order chi connectivity index (χ0) is 24.8. The maximum atomic E-state index is 14.1. The Bertz CT molecular complexity index is 1270. The minimum Gasteiger partial charge on any atom is -0.477 e. The second-order valence-electron chi connectivity index (χ2n) is 9.95. The Morgan fingerprint density at radius 1 is 0.972 bits per heavy atom. The molecular weight excluding hydrogens is 468 g/mol. The van der Waals surface area contributed by atoms with Crippen LogP contribution in [0.5, 0.6) is 0 Å². The Morgan fingerprint density at radius 3 is 2.28 bits per heavy atom. The summed E-state index contributed by atoms with van der Waals surface area (Å²) in [5, 5.41) is 15.4. The fourth-order valence-corrected chi connectivity index (χ4v) is 5.71. The van der Waals surface area contributed by atoms with Gasteiger partial charge in [-0.15, -0.1) is 0 Å². The first kappa shape index (κ1) is 23.3. The SMILES string of the molecule is O=C(O)c1cc(N2CCC(N3CCOCC3)CC2)c2c(C3CCC3)nn(-c3cc(F)cc(F)c3)c2n1. The quantitative estimate of drug-likeness (QED) is 0.571. The molecule has 1 aliphatic carbocycles. The summed E-state index contributed by atoms with van der Waals surface area (Å²) in [5.74, 6) is -2.38. The highest BCUT2D eigenvalue weighted by atomic mass is 19.1. The smallest absolute Gasteiger partial charge is 0.354 e. The van der Waals surface area contributed by atoms with E-state index in [0.29, 0.717) is 11.7 Å². The van der Waals surface area contributed by atoms with Crippen molar-refractivity contribution in [3.8, 4) is 5.69 Å². The number of benzene rings is 1. The minimum absolute atomic E-state index is 0.106. The van der Waals surface area contributed by atoms with Gasteiger partial charge in [-0.2, -0.15) is 5.10 Å². The van der Waals surface area contributed by atoms with Crippen molar-refractivity contribution in [2.45, 2.75) is 44.1 Å². The lowest BCUT2D eigenvalue weighted by molar-refractivity contribution is 0.0115. The second-order valence-corrected chi connectivity index (χ2v) is 9.95. The number of nitrogens with zero attached hydrogens (tertiary/aromatic N) is 5. The van der Waals surface area contributed by atoms with Gasteiger partial charge >= 0.3 is 5.97 Å². The van der Waals surface area contributed by atoms with Crippen LogP contribution in [-0.2, 0) is 4.74 Å². The van der Waals surface area contributed by atoms with Crippen molar-refractivity contribution in [3.63, 3.8) is 0 Å². The third kappa shape index (κ3) is 4.22. The molecule has 3 aliphatic rings. The molecule has 190 valence electrons. The molecule has 0 bridgehead atoms. The van der Waals surface area contributed by atoms with Crippen LogP contribution in [0.4, 0.5) is 14.5 Å². The van der Waals surface area contributed by atoms with Crippen LogP contribution in [0.1, 0.15) is 54.2 Å². The lowest BCUT2D eigenvalue weighted by Crippen LogP contribution is -2.49. The van der Waals surface area contributed by atoms with Crippen molar-refractivity contribution in [1.82, 2.24) is 19.7 Å². The molecule has 8 nitrogen and oxygen atoms in total.